The van der Waals surface area contributed by atoms with Gasteiger partial charge in [0.05, 0.1) is 11.1 Å². The zero-order valence-electron chi connectivity index (χ0n) is 17.0. The third kappa shape index (κ3) is 3.28. The number of hydrogen-bond donors (Lipinski definition) is 0. The van der Waals surface area contributed by atoms with Gasteiger partial charge in [0.1, 0.15) is 6.10 Å². The summed E-state index contributed by atoms with van der Waals surface area (Å²) in [5.41, 5.74) is 3.43. The van der Waals surface area contributed by atoms with Crippen molar-refractivity contribution in [2.75, 3.05) is 0 Å². The average molecular weight is 372 g/mol. The van der Waals surface area contributed by atoms with E-state index in [0.717, 1.165) is 12.8 Å². The summed E-state index contributed by atoms with van der Waals surface area (Å²) in [6.45, 7) is 6.77. The second-order valence-electron chi connectivity index (χ2n) is 8.23. The Hall–Kier alpha value is -2.42. The number of rotatable bonds is 5. The van der Waals surface area contributed by atoms with Crippen LogP contribution in [-0.2, 0) is 15.9 Å². The van der Waals surface area contributed by atoms with Gasteiger partial charge in [0.2, 0.25) is 0 Å². The molecule has 0 bridgehead atoms. The van der Waals surface area contributed by atoms with Crippen molar-refractivity contribution < 1.29 is 4.84 Å². The van der Waals surface area contributed by atoms with Crippen LogP contribution in [0.3, 0.4) is 0 Å². The predicted octanol–water partition coefficient (Wildman–Crippen LogP) is 6.61. The van der Waals surface area contributed by atoms with Gasteiger partial charge in [0.15, 0.2) is 0 Å². The first-order valence-electron chi connectivity index (χ1n) is 10.2. The molecule has 0 spiro atoms. The lowest BCUT2D eigenvalue weighted by atomic mass is 9.89. The molecule has 2 nitrogen and oxygen atoms in total. The minimum Gasteiger partial charge on any atom is -0.289 e. The van der Waals surface area contributed by atoms with Crippen LogP contribution in [0.5, 0.6) is 0 Å². The fraction of sp³-hybridized carbons (Fsp3) is 0.308. The Bertz CT molecular complexity index is 842. The van der Waals surface area contributed by atoms with Gasteiger partial charge in [-0.1, -0.05) is 91.0 Å². The Morgan fingerprint density at radius 1 is 0.679 bits per heavy atom. The van der Waals surface area contributed by atoms with Crippen LogP contribution in [0.2, 0.25) is 0 Å². The lowest BCUT2D eigenvalue weighted by Crippen LogP contribution is -2.48. The molecule has 1 fully saturated rings. The molecule has 0 aliphatic carbocycles. The molecule has 3 aromatic rings. The van der Waals surface area contributed by atoms with Gasteiger partial charge < -0.3 is 0 Å². The summed E-state index contributed by atoms with van der Waals surface area (Å²) < 4.78 is 0. The van der Waals surface area contributed by atoms with Crippen LogP contribution in [-0.4, -0.2) is 5.06 Å². The van der Waals surface area contributed by atoms with E-state index in [1.54, 1.807) is 0 Å². The summed E-state index contributed by atoms with van der Waals surface area (Å²) in [7, 11) is 0. The molecule has 28 heavy (non-hydrogen) atoms. The zero-order valence-corrected chi connectivity index (χ0v) is 17.0. The van der Waals surface area contributed by atoms with Crippen molar-refractivity contribution in [1.29, 1.82) is 0 Å². The maximum absolute atomic E-state index is 6.77. The van der Waals surface area contributed by atoms with Gasteiger partial charge >= 0.3 is 0 Å². The third-order valence-corrected chi connectivity index (χ3v) is 6.32. The second kappa shape index (κ2) is 7.54. The lowest BCUT2D eigenvalue weighted by molar-refractivity contribution is -0.282. The molecular formula is C26H29NO. The molecule has 0 saturated carbocycles. The first-order valence-corrected chi connectivity index (χ1v) is 10.2. The summed E-state index contributed by atoms with van der Waals surface area (Å²) in [5, 5.41) is 2.28. The van der Waals surface area contributed by atoms with E-state index in [0.29, 0.717) is 0 Å². The van der Waals surface area contributed by atoms with Crippen molar-refractivity contribution in [2.45, 2.75) is 50.8 Å². The molecule has 1 unspecified atom stereocenters. The van der Waals surface area contributed by atoms with E-state index in [4.69, 9.17) is 4.84 Å². The number of hydroxylamine groups is 2. The maximum Gasteiger partial charge on any atom is 0.102 e. The molecule has 3 atom stereocenters. The summed E-state index contributed by atoms with van der Waals surface area (Å²) >= 11 is 0. The van der Waals surface area contributed by atoms with Gasteiger partial charge in [-0.05, 0) is 50.3 Å². The Morgan fingerprint density at radius 2 is 1.07 bits per heavy atom. The standard InChI is InChI=1S/C26H29NO/c1-21(22-13-7-4-8-14-22)28-27-25(2,23-15-9-5-10-16-23)19-20-26(27,3)24-17-11-6-12-18-24/h4-18,21H,19-20H2,1-3H3/t21?,25-,26-/m0/s1. The summed E-state index contributed by atoms with van der Waals surface area (Å²) in [6, 6.07) is 32.0. The SMILES string of the molecule is CC(ON1[C@](C)(c2ccccc2)CC[C@@]1(C)c1ccccc1)c1ccccc1. The van der Waals surface area contributed by atoms with Crippen molar-refractivity contribution in [2.24, 2.45) is 0 Å². The van der Waals surface area contributed by atoms with E-state index in [2.05, 4.69) is 111 Å². The molecule has 4 rings (SSSR count). The van der Waals surface area contributed by atoms with E-state index in [9.17, 15) is 0 Å². The molecule has 1 heterocycles. The normalized spacial score (nSPS) is 26.2. The second-order valence-corrected chi connectivity index (χ2v) is 8.23. The van der Waals surface area contributed by atoms with Gasteiger partial charge in [0, 0.05) is 0 Å². The van der Waals surface area contributed by atoms with E-state index in [1.165, 1.54) is 16.7 Å². The van der Waals surface area contributed by atoms with Gasteiger partial charge in [0.25, 0.3) is 0 Å². The van der Waals surface area contributed by atoms with Gasteiger partial charge in [-0.25, -0.2) is 0 Å². The first-order chi connectivity index (χ1) is 13.5. The van der Waals surface area contributed by atoms with Crippen molar-refractivity contribution >= 4 is 0 Å². The molecule has 2 heteroatoms. The number of nitrogens with zero attached hydrogens (tertiary/aromatic N) is 1. The monoisotopic (exact) mass is 371 g/mol. The van der Waals surface area contributed by atoms with Crippen LogP contribution < -0.4 is 0 Å². The summed E-state index contributed by atoms with van der Waals surface area (Å²) in [6.07, 6.45) is 2.07. The average Bonchev–Trinajstić information content (AvgIpc) is 3.03. The molecule has 0 N–H and O–H groups in total. The Balaban J connectivity index is 1.76. The first kappa shape index (κ1) is 18.9. The quantitative estimate of drug-likeness (QED) is 0.500. The van der Waals surface area contributed by atoms with Crippen LogP contribution in [0.1, 0.15) is 56.4 Å². The predicted molar refractivity (Wildman–Crippen MR) is 115 cm³/mol. The molecule has 1 aliphatic heterocycles. The minimum absolute atomic E-state index is 0.0228. The van der Waals surface area contributed by atoms with Crippen molar-refractivity contribution in [3.63, 3.8) is 0 Å². The Kier molecular flexibility index (Phi) is 5.09. The van der Waals surface area contributed by atoms with Crippen LogP contribution in [0.4, 0.5) is 0 Å². The van der Waals surface area contributed by atoms with E-state index < -0.39 is 0 Å². The minimum atomic E-state index is -0.186. The van der Waals surface area contributed by atoms with Gasteiger partial charge in [-0.2, -0.15) is 5.06 Å². The van der Waals surface area contributed by atoms with E-state index in [-0.39, 0.29) is 17.2 Å². The van der Waals surface area contributed by atoms with Crippen LogP contribution in [0.25, 0.3) is 0 Å². The van der Waals surface area contributed by atoms with E-state index in [1.807, 2.05) is 6.07 Å². The molecule has 0 radical (unpaired) electrons. The number of hydrogen-bond acceptors (Lipinski definition) is 2. The molecule has 0 aromatic heterocycles. The fourth-order valence-electron chi connectivity index (χ4n) is 4.53. The fourth-order valence-corrected chi connectivity index (χ4v) is 4.53. The van der Waals surface area contributed by atoms with E-state index >= 15 is 0 Å². The highest BCUT2D eigenvalue weighted by molar-refractivity contribution is 5.31. The highest BCUT2D eigenvalue weighted by Crippen LogP contribution is 2.53. The lowest BCUT2D eigenvalue weighted by Gasteiger charge is -2.44. The molecule has 1 aliphatic rings. The molecular weight excluding hydrogens is 342 g/mol. The highest BCUT2D eigenvalue weighted by atomic mass is 16.7. The smallest absolute Gasteiger partial charge is 0.102 e. The van der Waals surface area contributed by atoms with Crippen LogP contribution >= 0.6 is 0 Å². The van der Waals surface area contributed by atoms with Crippen LogP contribution in [0, 0.1) is 0 Å². The van der Waals surface area contributed by atoms with Gasteiger partial charge in [-0.15, -0.1) is 0 Å². The van der Waals surface area contributed by atoms with Crippen molar-refractivity contribution in [3.8, 4) is 0 Å². The van der Waals surface area contributed by atoms with Crippen molar-refractivity contribution in [3.05, 3.63) is 108 Å². The highest BCUT2D eigenvalue weighted by Gasteiger charge is 2.53. The van der Waals surface area contributed by atoms with Crippen LogP contribution in [0.15, 0.2) is 91.0 Å². The topological polar surface area (TPSA) is 12.5 Å². The zero-order chi connectivity index (χ0) is 19.6. The molecule has 0 amide bonds. The largest absolute Gasteiger partial charge is 0.289 e. The summed E-state index contributed by atoms with van der Waals surface area (Å²) in [4.78, 5) is 6.77. The van der Waals surface area contributed by atoms with Gasteiger partial charge in [-0.3, -0.25) is 4.84 Å². The summed E-state index contributed by atoms with van der Waals surface area (Å²) in [5.74, 6) is 0. The van der Waals surface area contributed by atoms with Crippen molar-refractivity contribution in [1.82, 2.24) is 5.06 Å². The maximum atomic E-state index is 6.77. The number of benzene rings is 3. The molecule has 144 valence electrons. The Morgan fingerprint density at radius 3 is 1.50 bits per heavy atom. The Labute approximate surface area is 168 Å². The third-order valence-electron chi connectivity index (χ3n) is 6.32. The molecule has 3 aromatic carbocycles. The molecule has 1 saturated heterocycles.